The standard InChI is InChI=1S/C26H29N5O4/c1-34-23-9-4-10-24(35-2)21(23)16-30-25(32)18-6-3-7-19(14-18)31(20-8-5-11-27-15-20)26(33)22-17-28-12-13-29-22/h3-4,6-7,9-10,12-14,17,20,27H,5,8,11,15-16H2,1-2H3,(H,30,32)/t20-/m0/s1. The van der Waals surface area contributed by atoms with Gasteiger partial charge in [-0.05, 0) is 49.7 Å². The summed E-state index contributed by atoms with van der Waals surface area (Å²) in [4.78, 5) is 36.5. The minimum Gasteiger partial charge on any atom is -0.496 e. The van der Waals surface area contributed by atoms with Crippen LogP contribution >= 0.6 is 0 Å². The van der Waals surface area contributed by atoms with Crippen LogP contribution in [0.1, 0.15) is 39.3 Å². The Balaban J connectivity index is 1.58. The van der Waals surface area contributed by atoms with Gasteiger partial charge in [-0.25, -0.2) is 4.98 Å². The Hall–Kier alpha value is -3.98. The summed E-state index contributed by atoms with van der Waals surface area (Å²) in [6.45, 7) is 1.81. The molecule has 1 atom stereocenters. The summed E-state index contributed by atoms with van der Waals surface area (Å²) in [6, 6.07) is 12.5. The van der Waals surface area contributed by atoms with Crippen molar-refractivity contribution in [3.8, 4) is 11.5 Å². The number of anilines is 1. The van der Waals surface area contributed by atoms with E-state index in [9.17, 15) is 9.59 Å². The van der Waals surface area contributed by atoms with Crippen molar-refractivity contribution < 1.29 is 19.1 Å². The molecule has 9 heteroatoms. The zero-order valence-corrected chi connectivity index (χ0v) is 19.9. The normalized spacial score (nSPS) is 15.2. The molecule has 2 heterocycles. The number of amides is 2. The maximum Gasteiger partial charge on any atom is 0.278 e. The lowest BCUT2D eigenvalue weighted by atomic mass is 10.0. The number of carbonyl (C=O) groups excluding carboxylic acids is 2. The van der Waals surface area contributed by atoms with Crippen LogP contribution in [0.4, 0.5) is 5.69 Å². The van der Waals surface area contributed by atoms with Gasteiger partial charge in [0.1, 0.15) is 17.2 Å². The Morgan fingerprint density at radius 3 is 2.54 bits per heavy atom. The molecule has 1 saturated heterocycles. The second kappa shape index (κ2) is 11.4. The monoisotopic (exact) mass is 475 g/mol. The van der Waals surface area contributed by atoms with Crippen molar-refractivity contribution in [2.24, 2.45) is 0 Å². The topological polar surface area (TPSA) is 106 Å². The number of benzene rings is 2. The predicted molar refractivity (Wildman–Crippen MR) is 132 cm³/mol. The van der Waals surface area contributed by atoms with Crippen LogP contribution in [0.3, 0.4) is 0 Å². The Morgan fingerprint density at radius 2 is 1.89 bits per heavy atom. The highest BCUT2D eigenvalue weighted by Gasteiger charge is 2.29. The van der Waals surface area contributed by atoms with Crippen LogP contribution in [-0.4, -0.2) is 55.1 Å². The van der Waals surface area contributed by atoms with Crippen molar-refractivity contribution in [2.45, 2.75) is 25.4 Å². The molecule has 3 aromatic rings. The molecule has 0 spiro atoms. The second-order valence-electron chi connectivity index (χ2n) is 8.14. The maximum atomic E-state index is 13.4. The molecule has 0 aliphatic carbocycles. The fraction of sp³-hybridized carbons (Fsp3) is 0.308. The highest BCUT2D eigenvalue weighted by molar-refractivity contribution is 6.06. The van der Waals surface area contributed by atoms with E-state index in [0.29, 0.717) is 29.3 Å². The van der Waals surface area contributed by atoms with E-state index < -0.39 is 0 Å². The van der Waals surface area contributed by atoms with E-state index in [0.717, 1.165) is 24.9 Å². The highest BCUT2D eigenvalue weighted by atomic mass is 16.5. The van der Waals surface area contributed by atoms with Crippen LogP contribution in [-0.2, 0) is 6.54 Å². The molecule has 2 amide bonds. The van der Waals surface area contributed by atoms with Crippen molar-refractivity contribution in [3.05, 3.63) is 77.9 Å². The minimum atomic E-state index is -0.270. The summed E-state index contributed by atoms with van der Waals surface area (Å²) >= 11 is 0. The van der Waals surface area contributed by atoms with Crippen molar-refractivity contribution in [1.82, 2.24) is 20.6 Å². The first kappa shape index (κ1) is 24.2. The van der Waals surface area contributed by atoms with Crippen LogP contribution in [0.15, 0.2) is 61.1 Å². The Kier molecular flexibility index (Phi) is 7.89. The number of ether oxygens (including phenoxy) is 2. The molecule has 0 radical (unpaired) electrons. The van der Waals surface area contributed by atoms with Crippen LogP contribution in [0.2, 0.25) is 0 Å². The second-order valence-corrected chi connectivity index (χ2v) is 8.14. The molecule has 1 aliphatic rings. The SMILES string of the molecule is COc1cccc(OC)c1CNC(=O)c1cccc(N(C(=O)c2cnccn2)[C@H]2CCCNC2)c1. The van der Waals surface area contributed by atoms with Gasteiger partial charge in [0.15, 0.2) is 0 Å². The van der Waals surface area contributed by atoms with Crippen LogP contribution in [0, 0.1) is 0 Å². The molecule has 182 valence electrons. The predicted octanol–water partition coefficient (Wildman–Crippen LogP) is 2.82. The number of rotatable bonds is 8. The first-order valence-corrected chi connectivity index (χ1v) is 11.5. The molecule has 2 N–H and O–H groups in total. The number of piperidine rings is 1. The summed E-state index contributed by atoms with van der Waals surface area (Å²) in [5.41, 5.74) is 2.08. The van der Waals surface area contributed by atoms with Gasteiger partial charge in [0.2, 0.25) is 0 Å². The summed E-state index contributed by atoms with van der Waals surface area (Å²) in [6.07, 6.45) is 6.30. The van der Waals surface area contributed by atoms with Gasteiger partial charge in [0.05, 0.1) is 32.5 Å². The zero-order valence-electron chi connectivity index (χ0n) is 19.9. The first-order valence-electron chi connectivity index (χ1n) is 11.5. The Labute approximate surface area is 204 Å². The lowest BCUT2D eigenvalue weighted by Crippen LogP contribution is -2.49. The van der Waals surface area contributed by atoms with Crippen LogP contribution in [0.5, 0.6) is 11.5 Å². The average molecular weight is 476 g/mol. The highest BCUT2D eigenvalue weighted by Crippen LogP contribution is 2.28. The number of aromatic nitrogens is 2. The van der Waals surface area contributed by atoms with E-state index in [4.69, 9.17) is 9.47 Å². The Bertz CT molecular complexity index is 1140. The van der Waals surface area contributed by atoms with Crippen molar-refractivity contribution in [1.29, 1.82) is 0 Å². The third-order valence-corrected chi connectivity index (χ3v) is 5.98. The lowest BCUT2D eigenvalue weighted by molar-refractivity contribution is 0.0944. The van der Waals surface area contributed by atoms with Gasteiger partial charge in [0.25, 0.3) is 11.8 Å². The largest absolute Gasteiger partial charge is 0.496 e. The van der Waals surface area contributed by atoms with E-state index in [1.54, 1.807) is 37.3 Å². The maximum absolute atomic E-state index is 13.4. The summed E-state index contributed by atoms with van der Waals surface area (Å²) in [5.74, 6) is 0.740. The molecule has 1 aliphatic heterocycles. The Morgan fingerprint density at radius 1 is 1.11 bits per heavy atom. The molecule has 4 rings (SSSR count). The average Bonchev–Trinajstić information content (AvgIpc) is 2.92. The van der Waals surface area contributed by atoms with Gasteiger partial charge in [0, 0.05) is 36.2 Å². The summed E-state index contributed by atoms with van der Waals surface area (Å²) in [7, 11) is 3.15. The molecular weight excluding hydrogens is 446 g/mol. The van der Waals surface area contributed by atoms with Crippen LogP contribution in [0.25, 0.3) is 0 Å². The quantitative estimate of drug-likeness (QED) is 0.516. The molecular formula is C26H29N5O4. The molecule has 1 fully saturated rings. The van der Waals surface area contributed by atoms with E-state index >= 15 is 0 Å². The van der Waals surface area contributed by atoms with Gasteiger partial charge in [-0.3, -0.25) is 14.6 Å². The number of carbonyl (C=O) groups is 2. The molecule has 0 unspecified atom stereocenters. The van der Waals surface area contributed by atoms with E-state index in [1.165, 1.54) is 18.6 Å². The van der Waals surface area contributed by atoms with Gasteiger partial charge < -0.3 is 25.0 Å². The smallest absolute Gasteiger partial charge is 0.278 e. The molecule has 35 heavy (non-hydrogen) atoms. The number of hydrogen-bond donors (Lipinski definition) is 2. The molecule has 9 nitrogen and oxygen atoms in total. The fourth-order valence-electron chi connectivity index (χ4n) is 4.25. The zero-order chi connectivity index (χ0) is 24.6. The fourth-order valence-corrected chi connectivity index (χ4v) is 4.25. The van der Waals surface area contributed by atoms with Crippen molar-refractivity contribution >= 4 is 17.5 Å². The lowest BCUT2D eigenvalue weighted by Gasteiger charge is -2.34. The summed E-state index contributed by atoms with van der Waals surface area (Å²) in [5, 5.41) is 6.29. The molecule has 1 aromatic heterocycles. The van der Waals surface area contributed by atoms with Crippen LogP contribution < -0.4 is 25.0 Å². The van der Waals surface area contributed by atoms with Crippen molar-refractivity contribution in [2.75, 3.05) is 32.2 Å². The van der Waals surface area contributed by atoms with E-state index in [1.807, 2.05) is 24.3 Å². The number of nitrogens with zero attached hydrogens (tertiary/aromatic N) is 3. The van der Waals surface area contributed by atoms with Gasteiger partial charge in [-0.2, -0.15) is 0 Å². The van der Waals surface area contributed by atoms with Gasteiger partial charge in [-0.15, -0.1) is 0 Å². The molecule has 0 saturated carbocycles. The molecule has 2 aromatic carbocycles. The van der Waals surface area contributed by atoms with Gasteiger partial charge in [-0.1, -0.05) is 12.1 Å². The van der Waals surface area contributed by atoms with Crippen molar-refractivity contribution in [3.63, 3.8) is 0 Å². The van der Waals surface area contributed by atoms with E-state index in [2.05, 4.69) is 20.6 Å². The number of nitrogens with one attached hydrogen (secondary N) is 2. The minimum absolute atomic E-state index is 0.0607. The third-order valence-electron chi connectivity index (χ3n) is 5.98. The number of hydrogen-bond acceptors (Lipinski definition) is 7. The van der Waals surface area contributed by atoms with Gasteiger partial charge >= 0.3 is 0 Å². The summed E-state index contributed by atoms with van der Waals surface area (Å²) < 4.78 is 10.8. The first-order chi connectivity index (χ1) is 17.1. The molecule has 0 bridgehead atoms. The van der Waals surface area contributed by atoms with E-state index in [-0.39, 0.29) is 30.1 Å². The third kappa shape index (κ3) is 5.58. The number of methoxy groups -OCH3 is 2.